The number of aldehydes is 1. The fraction of sp³-hybridized carbons (Fsp3) is 0.200. The lowest BCUT2D eigenvalue weighted by atomic mass is 10.1. The van der Waals surface area contributed by atoms with E-state index >= 15 is 0 Å². The third-order valence-corrected chi connectivity index (χ3v) is 1.85. The monoisotopic (exact) mass is 207 g/mol. The molecule has 0 fully saturated rings. The number of aliphatic imine (C=N–C) groups is 1. The quantitative estimate of drug-likeness (QED) is 0.360. The van der Waals surface area contributed by atoms with Gasteiger partial charge in [-0.3, -0.25) is 0 Å². The predicted octanol–water partition coefficient (Wildman–Crippen LogP) is -0.224. The molecule has 0 amide bonds. The highest BCUT2D eigenvalue weighted by Crippen LogP contribution is 2.11. The number of carbonyl (C=O) groups is 1. The van der Waals surface area contributed by atoms with Gasteiger partial charge in [0.25, 0.3) is 0 Å². The summed E-state index contributed by atoms with van der Waals surface area (Å²) in [6.45, 7) is 0. The normalized spacial score (nSPS) is 11.7. The van der Waals surface area contributed by atoms with Gasteiger partial charge < -0.3 is 21.4 Å². The Labute approximate surface area is 87.4 Å². The molecule has 0 aliphatic heterocycles. The third-order valence-electron chi connectivity index (χ3n) is 1.85. The first kappa shape index (κ1) is 11.0. The zero-order chi connectivity index (χ0) is 11.3. The first-order valence-corrected chi connectivity index (χ1v) is 4.43. The van der Waals surface area contributed by atoms with Crippen molar-refractivity contribution in [1.29, 1.82) is 0 Å². The molecule has 0 saturated heterocycles. The molecule has 1 atom stereocenters. The Hall–Kier alpha value is -2.04. The van der Waals surface area contributed by atoms with Crippen molar-refractivity contribution < 1.29 is 9.90 Å². The summed E-state index contributed by atoms with van der Waals surface area (Å²) in [5.41, 5.74) is 11.2. The van der Waals surface area contributed by atoms with Crippen molar-refractivity contribution in [2.24, 2.45) is 16.5 Å². The van der Waals surface area contributed by atoms with Gasteiger partial charge in [0.05, 0.1) is 0 Å². The molecular weight excluding hydrogens is 194 g/mol. The second kappa shape index (κ2) is 4.99. The molecule has 5 heteroatoms. The maximum atomic E-state index is 10.6. The molecule has 0 spiro atoms. The van der Waals surface area contributed by atoms with Crippen LogP contribution in [0.2, 0.25) is 0 Å². The number of nitrogens with zero attached hydrogens (tertiary/aromatic N) is 1. The summed E-state index contributed by atoms with van der Waals surface area (Å²) < 4.78 is 0. The van der Waals surface area contributed by atoms with Crippen molar-refractivity contribution in [2.45, 2.75) is 12.5 Å². The highest BCUT2D eigenvalue weighted by atomic mass is 16.3. The lowest BCUT2D eigenvalue weighted by Gasteiger charge is -2.05. The van der Waals surface area contributed by atoms with Crippen LogP contribution >= 0.6 is 0 Å². The fourth-order valence-electron chi connectivity index (χ4n) is 1.19. The van der Waals surface area contributed by atoms with Crippen molar-refractivity contribution in [3.05, 3.63) is 29.8 Å². The number of benzene rings is 1. The first-order valence-electron chi connectivity index (χ1n) is 4.43. The number of guanidine groups is 1. The molecule has 0 radical (unpaired) electrons. The van der Waals surface area contributed by atoms with Crippen LogP contribution in [0.4, 0.5) is 0 Å². The van der Waals surface area contributed by atoms with E-state index in [-0.39, 0.29) is 11.7 Å². The van der Waals surface area contributed by atoms with Crippen LogP contribution < -0.4 is 11.5 Å². The van der Waals surface area contributed by atoms with Crippen LogP contribution in [0.1, 0.15) is 5.56 Å². The lowest BCUT2D eigenvalue weighted by molar-refractivity contribution is -0.108. The van der Waals surface area contributed by atoms with Gasteiger partial charge in [0.15, 0.2) is 5.96 Å². The highest BCUT2D eigenvalue weighted by molar-refractivity contribution is 5.78. The predicted molar refractivity (Wildman–Crippen MR) is 57.5 cm³/mol. The molecule has 0 aliphatic rings. The molecule has 5 nitrogen and oxygen atoms in total. The molecule has 0 unspecified atom stereocenters. The van der Waals surface area contributed by atoms with Crippen molar-refractivity contribution in [3.8, 4) is 5.75 Å². The molecule has 0 aromatic heterocycles. The standard InChI is InChI=1S/C10H13N3O2/c11-10(12)13-8(6-14)5-7-1-3-9(15)4-2-7/h1-4,6,8,15H,5H2,(H4,11,12,13)/t8-/m0/s1. The number of aromatic hydroxyl groups is 1. The molecule has 1 rings (SSSR count). The van der Waals surface area contributed by atoms with Gasteiger partial charge >= 0.3 is 0 Å². The van der Waals surface area contributed by atoms with Gasteiger partial charge in [-0.2, -0.15) is 0 Å². The summed E-state index contributed by atoms with van der Waals surface area (Å²) >= 11 is 0. The molecule has 0 aliphatic carbocycles. The number of phenols is 1. The van der Waals surface area contributed by atoms with Crippen molar-refractivity contribution >= 4 is 12.2 Å². The smallest absolute Gasteiger partial charge is 0.186 e. The van der Waals surface area contributed by atoms with Crippen LogP contribution in [0, 0.1) is 0 Å². The Bertz CT molecular complexity index is 355. The molecule has 0 bridgehead atoms. The number of carbonyl (C=O) groups excluding carboxylic acids is 1. The van der Waals surface area contributed by atoms with Gasteiger partial charge in [0.2, 0.25) is 0 Å². The molecule has 15 heavy (non-hydrogen) atoms. The number of phenolic OH excluding ortho intramolecular Hbond substituents is 1. The van der Waals surface area contributed by atoms with Gasteiger partial charge in [0, 0.05) is 6.42 Å². The van der Waals surface area contributed by atoms with E-state index in [0.717, 1.165) is 5.56 Å². The van der Waals surface area contributed by atoms with E-state index in [1.807, 2.05) is 0 Å². The molecule has 5 N–H and O–H groups in total. The fourth-order valence-corrected chi connectivity index (χ4v) is 1.19. The Kier molecular flexibility index (Phi) is 3.68. The number of nitrogens with two attached hydrogens (primary N) is 2. The topological polar surface area (TPSA) is 102 Å². The summed E-state index contributed by atoms with van der Waals surface area (Å²) in [4.78, 5) is 14.4. The van der Waals surface area contributed by atoms with Crippen LogP contribution in [-0.2, 0) is 11.2 Å². The second-order valence-corrected chi connectivity index (χ2v) is 3.13. The van der Waals surface area contributed by atoms with E-state index in [2.05, 4.69) is 4.99 Å². The van der Waals surface area contributed by atoms with Gasteiger partial charge in [-0.25, -0.2) is 4.99 Å². The molecular formula is C10H13N3O2. The summed E-state index contributed by atoms with van der Waals surface area (Å²) in [6.07, 6.45) is 1.11. The van der Waals surface area contributed by atoms with Crippen molar-refractivity contribution in [2.75, 3.05) is 0 Å². The zero-order valence-corrected chi connectivity index (χ0v) is 8.13. The number of hydrogen-bond donors (Lipinski definition) is 3. The maximum absolute atomic E-state index is 10.6. The van der Waals surface area contributed by atoms with Gasteiger partial charge in [0.1, 0.15) is 18.1 Å². The summed E-state index contributed by atoms with van der Waals surface area (Å²) in [5.74, 6) is 0.0779. The lowest BCUT2D eigenvalue weighted by Crippen LogP contribution is -2.26. The molecule has 1 aromatic carbocycles. The Morgan fingerprint density at radius 3 is 2.47 bits per heavy atom. The van der Waals surface area contributed by atoms with E-state index in [1.165, 1.54) is 0 Å². The highest BCUT2D eigenvalue weighted by Gasteiger charge is 2.06. The molecule has 1 aromatic rings. The minimum Gasteiger partial charge on any atom is -0.508 e. The van der Waals surface area contributed by atoms with Crippen molar-refractivity contribution in [3.63, 3.8) is 0 Å². The van der Waals surface area contributed by atoms with Crippen LogP contribution in [0.5, 0.6) is 5.75 Å². The minimum absolute atomic E-state index is 0.106. The zero-order valence-electron chi connectivity index (χ0n) is 8.13. The van der Waals surface area contributed by atoms with Crippen LogP contribution in [0.15, 0.2) is 29.3 Å². The SMILES string of the molecule is NC(N)=N[C@H](C=O)Cc1ccc(O)cc1. The molecule has 0 heterocycles. The van der Waals surface area contributed by atoms with Crippen molar-refractivity contribution in [1.82, 2.24) is 0 Å². The Morgan fingerprint density at radius 1 is 1.40 bits per heavy atom. The number of hydrogen-bond acceptors (Lipinski definition) is 3. The van der Waals surface area contributed by atoms with E-state index in [1.54, 1.807) is 24.3 Å². The van der Waals surface area contributed by atoms with Crippen LogP contribution in [0.25, 0.3) is 0 Å². The average Bonchev–Trinajstić information content (AvgIpc) is 2.19. The Balaban J connectivity index is 2.71. The van der Waals surface area contributed by atoms with E-state index < -0.39 is 6.04 Å². The van der Waals surface area contributed by atoms with E-state index in [9.17, 15) is 4.79 Å². The van der Waals surface area contributed by atoms with Gasteiger partial charge in [-0.15, -0.1) is 0 Å². The van der Waals surface area contributed by atoms with Gasteiger partial charge in [-0.1, -0.05) is 12.1 Å². The minimum atomic E-state index is -0.570. The Morgan fingerprint density at radius 2 is 2.00 bits per heavy atom. The molecule has 0 saturated carbocycles. The van der Waals surface area contributed by atoms with E-state index in [4.69, 9.17) is 16.6 Å². The summed E-state index contributed by atoms with van der Waals surface area (Å²) in [5, 5.41) is 9.06. The first-order chi connectivity index (χ1) is 7.11. The number of rotatable bonds is 4. The molecule has 80 valence electrons. The largest absolute Gasteiger partial charge is 0.508 e. The van der Waals surface area contributed by atoms with Gasteiger partial charge in [-0.05, 0) is 17.7 Å². The third kappa shape index (κ3) is 3.68. The summed E-state index contributed by atoms with van der Waals surface area (Å²) in [6, 6.07) is 5.96. The van der Waals surface area contributed by atoms with Crippen LogP contribution in [0.3, 0.4) is 0 Å². The van der Waals surface area contributed by atoms with Crippen LogP contribution in [-0.4, -0.2) is 23.4 Å². The van der Waals surface area contributed by atoms with E-state index in [0.29, 0.717) is 12.7 Å². The maximum Gasteiger partial charge on any atom is 0.186 e. The second-order valence-electron chi connectivity index (χ2n) is 3.13. The summed E-state index contributed by atoms with van der Waals surface area (Å²) in [7, 11) is 0. The average molecular weight is 207 g/mol.